The summed E-state index contributed by atoms with van der Waals surface area (Å²) in [6, 6.07) is 95.4. The number of anilines is 3. The fraction of sp³-hybridized carbons (Fsp3) is 0. The summed E-state index contributed by atoms with van der Waals surface area (Å²) < 4.78 is 0. The minimum absolute atomic E-state index is 1.08. The molecule has 0 bridgehead atoms. The molecular formula is C64H43N. The molecule has 0 unspecified atom stereocenters. The van der Waals surface area contributed by atoms with Gasteiger partial charge in [-0.25, -0.2) is 0 Å². The number of nitrogens with zero attached hydrogens (tertiary/aromatic N) is 1. The first kappa shape index (κ1) is 38.2. The Morgan fingerprint density at radius 1 is 0.200 bits per heavy atom. The Morgan fingerprint density at radius 2 is 0.646 bits per heavy atom. The third-order valence-corrected chi connectivity index (χ3v) is 13.0. The Hall–Kier alpha value is -8.52. The third kappa shape index (κ3) is 7.10. The van der Waals surface area contributed by atoms with Gasteiger partial charge in [0.15, 0.2) is 0 Å². The van der Waals surface area contributed by atoms with Gasteiger partial charge in [-0.15, -0.1) is 0 Å². The van der Waals surface area contributed by atoms with E-state index in [1.165, 1.54) is 76.5 Å². The number of hydrogen-bond donors (Lipinski definition) is 0. The average Bonchev–Trinajstić information content (AvgIpc) is 3.39. The molecule has 0 aliphatic rings. The van der Waals surface area contributed by atoms with Crippen LogP contribution < -0.4 is 4.90 Å². The molecule has 304 valence electrons. The summed E-state index contributed by atoms with van der Waals surface area (Å²) in [5, 5.41) is 10.1. The molecule has 0 spiro atoms. The molecule has 0 radical (unpaired) electrons. The average molecular weight is 826 g/mol. The fourth-order valence-electron chi connectivity index (χ4n) is 9.74. The molecule has 0 saturated carbocycles. The molecule has 0 amide bonds. The molecule has 12 aromatic carbocycles. The van der Waals surface area contributed by atoms with Crippen LogP contribution >= 0.6 is 0 Å². The van der Waals surface area contributed by atoms with Gasteiger partial charge >= 0.3 is 0 Å². The zero-order valence-electron chi connectivity index (χ0n) is 35.8. The summed E-state index contributed by atoms with van der Waals surface area (Å²) in [6.45, 7) is 0. The van der Waals surface area contributed by atoms with Crippen molar-refractivity contribution >= 4 is 60.2 Å². The zero-order chi connectivity index (χ0) is 43.1. The van der Waals surface area contributed by atoms with Gasteiger partial charge < -0.3 is 4.90 Å². The lowest BCUT2D eigenvalue weighted by molar-refractivity contribution is 1.28. The van der Waals surface area contributed by atoms with Crippen molar-refractivity contribution in [3.8, 4) is 55.6 Å². The topological polar surface area (TPSA) is 3.24 Å². The van der Waals surface area contributed by atoms with E-state index in [9.17, 15) is 0 Å². The number of para-hydroxylation sites is 1. The molecule has 0 N–H and O–H groups in total. The summed E-state index contributed by atoms with van der Waals surface area (Å²) in [7, 11) is 0. The van der Waals surface area contributed by atoms with Gasteiger partial charge in [0, 0.05) is 22.5 Å². The molecule has 0 aliphatic carbocycles. The van der Waals surface area contributed by atoms with Gasteiger partial charge in [-0.05, 0) is 124 Å². The maximum atomic E-state index is 2.46. The quantitative estimate of drug-likeness (QED) is 0.138. The minimum atomic E-state index is 1.08. The van der Waals surface area contributed by atoms with Gasteiger partial charge in [-0.1, -0.05) is 224 Å². The highest BCUT2D eigenvalue weighted by Crippen LogP contribution is 2.48. The lowest BCUT2D eigenvalue weighted by Gasteiger charge is -2.31. The Kier molecular flexibility index (Phi) is 9.58. The Bertz CT molecular complexity index is 3680. The van der Waals surface area contributed by atoms with Crippen LogP contribution in [0.3, 0.4) is 0 Å². The molecule has 0 aromatic heterocycles. The van der Waals surface area contributed by atoms with Crippen LogP contribution in [-0.2, 0) is 0 Å². The first-order valence-electron chi connectivity index (χ1n) is 22.4. The van der Waals surface area contributed by atoms with Crippen molar-refractivity contribution in [3.63, 3.8) is 0 Å². The summed E-state index contributed by atoms with van der Waals surface area (Å²) in [6.07, 6.45) is 0. The summed E-state index contributed by atoms with van der Waals surface area (Å²) in [5.41, 5.74) is 15.0. The van der Waals surface area contributed by atoms with E-state index in [1.807, 2.05) is 0 Å². The molecule has 0 heterocycles. The van der Waals surface area contributed by atoms with Crippen molar-refractivity contribution in [1.82, 2.24) is 0 Å². The lowest BCUT2D eigenvalue weighted by atomic mass is 9.92. The highest BCUT2D eigenvalue weighted by atomic mass is 15.1. The SMILES string of the molecule is c1ccc(-c2cccc(N(c3ccc(-c4ccc5ccccc5c4)cc3)c3c(-c4ccccc4)cccc3-c3ccc(-c4ccc5ccc6c7ccccc7ccc6c5c4)cc3)c2)cc1. The van der Waals surface area contributed by atoms with Crippen LogP contribution in [0, 0.1) is 0 Å². The molecular weight excluding hydrogens is 783 g/mol. The van der Waals surface area contributed by atoms with E-state index < -0.39 is 0 Å². The van der Waals surface area contributed by atoms with Crippen LogP contribution in [0.5, 0.6) is 0 Å². The van der Waals surface area contributed by atoms with Crippen LogP contribution in [0.1, 0.15) is 0 Å². The van der Waals surface area contributed by atoms with Crippen molar-refractivity contribution in [2.45, 2.75) is 0 Å². The monoisotopic (exact) mass is 825 g/mol. The fourth-order valence-corrected chi connectivity index (χ4v) is 9.74. The molecule has 0 saturated heterocycles. The molecule has 1 nitrogen and oxygen atoms in total. The van der Waals surface area contributed by atoms with E-state index in [0.29, 0.717) is 0 Å². The van der Waals surface area contributed by atoms with Crippen LogP contribution in [0.4, 0.5) is 17.1 Å². The second-order valence-corrected chi connectivity index (χ2v) is 16.9. The van der Waals surface area contributed by atoms with Crippen molar-refractivity contribution in [3.05, 3.63) is 261 Å². The first-order valence-corrected chi connectivity index (χ1v) is 22.4. The van der Waals surface area contributed by atoms with E-state index in [0.717, 1.165) is 39.3 Å². The third-order valence-electron chi connectivity index (χ3n) is 13.0. The maximum Gasteiger partial charge on any atom is 0.0618 e. The predicted molar refractivity (Wildman–Crippen MR) is 278 cm³/mol. The summed E-state index contributed by atoms with van der Waals surface area (Å²) in [5.74, 6) is 0. The standard InChI is InChI=1S/C64H43N/c1-3-13-44(14-4-1)53-20-11-21-57(42-53)65(56-37-33-47(34-38-56)54-31-27-45-15-7-8-19-52(45)41-54)64-59(48-16-5-2-6-17-48)23-12-24-60(64)50-28-25-46(26-29-50)55-32-30-51-36-39-61-58-22-10-9-18-49(58)35-40-62(61)63(51)43-55/h1-43H. The lowest BCUT2D eigenvalue weighted by Crippen LogP contribution is -2.13. The van der Waals surface area contributed by atoms with Crippen molar-refractivity contribution in [1.29, 1.82) is 0 Å². The number of fused-ring (bicyclic) bond motifs is 6. The van der Waals surface area contributed by atoms with Gasteiger partial charge in [0.25, 0.3) is 0 Å². The van der Waals surface area contributed by atoms with Crippen molar-refractivity contribution in [2.24, 2.45) is 0 Å². The minimum Gasteiger partial charge on any atom is -0.309 e. The van der Waals surface area contributed by atoms with E-state index in [4.69, 9.17) is 0 Å². The maximum absolute atomic E-state index is 2.46. The van der Waals surface area contributed by atoms with Crippen LogP contribution in [0.25, 0.3) is 98.7 Å². The zero-order valence-corrected chi connectivity index (χ0v) is 35.8. The molecule has 1 heteroatoms. The predicted octanol–water partition coefficient (Wildman–Crippen LogP) is 18.1. The molecule has 12 rings (SSSR count). The van der Waals surface area contributed by atoms with Crippen LogP contribution in [0.2, 0.25) is 0 Å². The Balaban J connectivity index is 1.01. The highest BCUT2D eigenvalue weighted by Gasteiger charge is 2.23. The second kappa shape index (κ2) is 16.3. The van der Waals surface area contributed by atoms with Gasteiger partial charge in [0.05, 0.1) is 5.69 Å². The van der Waals surface area contributed by atoms with E-state index >= 15 is 0 Å². The largest absolute Gasteiger partial charge is 0.309 e. The number of benzene rings is 12. The molecule has 0 fully saturated rings. The van der Waals surface area contributed by atoms with Crippen LogP contribution in [0.15, 0.2) is 261 Å². The summed E-state index contributed by atoms with van der Waals surface area (Å²) in [4.78, 5) is 2.46. The van der Waals surface area contributed by atoms with Gasteiger partial charge in [0.1, 0.15) is 0 Å². The van der Waals surface area contributed by atoms with E-state index in [-0.39, 0.29) is 0 Å². The Labute approximate surface area is 379 Å². The highest BCUT2D eigenvalue weighted by molar-refractivity contribution is 6.17. The van der Waals surface area contributed by atoms with Crippen molar-refractivity contribution < 1.29 is 0 Å². The summed E-state index contributed by atoms with van der Waals surface area (Å²) >= 11 is 0. The van der Waals surface area contributed by atoms with Gasteiger partial charge in [0.2, 0.25) is 0 Å². The molecule has 65 heavy (non-hydrogen) atoms. The molecule has 0 atom stereocenters. The van der Waals surface area contributed by atoms with Gasteiger partial charge in [-0.3, -0.25) is 0 Å². The van der Waals surface area contributed by atoms with E-state index in [2.05, 4.69) is 266 Å². The molecule has 12 aromatic rings. The molecule has 0 aliphatic heterocycles. The normalized spacial score (nSPS) is 11.4. The number of hydrogen-bond acceptors (Lipinski definition) is 1. The second-order valence-electron chi connectivity index (χ2n) is 16.9. The Morgan fingerprint density at radius 3 is 1.37 bits per heavy atom. The smallest absolute Gasteiger partial charge is 0.0618 e. The van der Waals surface area contributed by atoms with Crippen LogP contribution in [-0.4, -0.2) is 0 Å². The first-order chi connectivity index (χ1) is 32.2. The van der Waals surface area contributed by atoms with E-state index in [1.54, 1.807) is 0 Å². The van der Waals surface area contributed by atoms with Gasteiger partial charge in [-0.2, -0.15) is 0 Å². The number of rotatable bonds is 8. The van der Waals surface area contributed by atoms with Crippen molar-refractivity contribution in [2.75, 3.05) is 4.90 Å².